The lowest BCUT2D eigenvalue weighted by atomic mass is 10.1. The SMILES string of the molecule is CONS(=O)(=O)c1ccc(C(=O)NCc2ccccc2-n2cccn2)cc1. The predicted molar refractivity (Wildman–Crippen MR) is 98.5 cm³/mol. The quantitative estimate of drug-likeness (QED) is 0.601. The molecule has 9 heteroatoms. The van der Waals surface area contributed by atoms with E-state index < -0.39 is 10.0 Å². The molecule has 1 aromatic heterocycles. The molecule has 0 fully saturated rings. The van der Waals surface area contributed by atoms with E-state index in [1.165, 1.54) is 31.4 Å². The summed E-state index contributed by atoms with van der Waals surface area (Å²) in [5, 5.41) is 7.04. The largest absolute Gasteiger partial charge is 0.348 e. The first kappa shape index (κ1) is 18.8. The molecule has 0 atom stereocenters. The maximum Gasteiger partial charge on any atom is 0.262 e. The second-order valence-electron chi connectivity index (χ2n) is 5.58. The van der Waals surface area contributed by atoms with Crippen molar-refractivity contribution in [3.63, 3.8) is 0 Å². The van der Waals surface area contributed by atoms with Crippen LogP contribution in [-0.4, -0.2) is 31.2 Å². The molecule has 1 amide bonds. The molecule has 3 aromatic rings. The molecule has 3 rings (SSSR count). The smallest absolute Gasteiger partial charge is 0.262 e. The van der Waals surface area contributed by atoms with Gasteiger partial charge in [-0.3, -0.25) is 9.63 Å². The van der Waals surface area contributed by atoms with Crippen LogP contribution in [0.4, 0.5) is 0 Å². The number of carbonyl (C=O) groups is 1. The number of para-hydroxylation sites is 1. The summed E-state index contributed by atoms with van der Waals surface area (Å²) in [6.45, 7) is 0.306. The van der Waals surface area contributed by atoms with Crippen LogP contribution in [-0.2, 0) is 21.4 Å². The zero-order valence-corrected chi connectivity index (χ0v) is 15.3. The molecule has 8 nitrogen and oxygen atoms in total. The lowest BCUT2D eigenvalue weighted by Crippen LogP contribution is -2.24. The number of amides is 1. The van der Waals surface area contributed by atoms with Crippen LogP contribution in [0.25, 0.3) is 5.69 Å². The first-order chi connectivity index (χ1) is 13.0. The molecule has 0 saturated carbocycles. The standard InChI is InChI=1S/C18H18N4O4S/c1-26-21-27(24,25)16-9-7-14(8-10-16)18(23)19-13-15-5-2-3-6-17(15)22-12-4-11-20-22/h2-12,21H,13H2,1H3,(H,19,23). The van der Waals surface area contributed by atoms with Gasteiger partial charge < -0.3 is 5.32 Å². The van der Waals surface area contributed by atoms with Gasteiger partial charge in [0.1, 0.15) is 0 Å². The summed E-state index contributed by atoms with van der Waals surface area (Å²) in [5.74, 6) is -0.311. The van der Waals surface area contributed by atoms with Crippen molar-refractivity contribution in [2.75, 3.05) is 7.11 Å². The second kappa shape index (κ2) is 8.12. The molecule has 2 N–H and O–H groups in total. The minimum Gasteiger partial charge on any atom is -0.348 e. The van der Waals surface area contributed by atoms with Crippen LogP contribution in [0.2, 0.25) is 0 Å². The zero-order valence-electron chi connectivity index (χ0n) is 14.5. The van der Waals surface area contributed by atoms with Crippen LogP contribution in [0.3, 0.4) is 0 Å². The number of hydrogen-bond acceptors (Lipinski definition) is 5. The topological polar surface area (TPSA) is 102 Å². The summed E-state index contributed by atoms with van der Waals surface area (Å²) in [6, 6.07) is 15.0. The van der Waals surface area contributed by atoms with E-state index in [1.807, 2.05) is 41.4 Å². The van der Waals surface area contributed by atoms with Crippen molar-refractivity contribution in [1.29, 1.82) is 0 Å². The highest BCUT2D eigenvalue weighted by molar-refractivity contribution is 7.89. The number of benzene rings is 2. The third kappa shape index (κ3) is 4.40. The van der Waals surface area contributed by atoms with Gasteiger partial charge in [-0.2, -0.15) is 5.10 Å². The molecule has 1 heterocycles. The average molecular weight is 386 g/mol. The molecular weight excluding hydrogens is 368 g/mol. The van der Waals surface area contributed by atoms with Gasteiger partial charge in [0.15, 0.2) is 0 Å². The van der Waals surface area contributed by atoms with Crippen molar-refractivity contribution in [2.24, 2.45) is 0 Å². The van der Waals surface area contributed by atoms with Gasteiger partial charge in [-0.15, -0.1) is 0 Å². The highest BCUT2D eigenvalue weighted by Gasteiger charge is 2.15. The zero-order chi connectivity index (χ0) is 19.3. The van der Waals surface area contributed by atoms with Crippen LogP contribution in [0.5, 0.6) is 0 Å². The number of sulfonamides is 1. The van der Waals surface area contributed by atoms with Gasteiger partial charge in [0.25, 0.3) is 15.9 Å². The summed E-state index contributed by atoms with van der Waals surface area (Å²) in [5.41, 5.74) is 2.12. The van der Waals surface area contributed by atoms with Gasteiger partial charge >= 0.3 is 0 Å². The van der Waals surface area contributed by atoms with Crippen molar-refractivity contribution in [1.82, 2.24) is 20.0 Å². The number of aromatic nitrogens is 2. The Hall–Kier alpha value is -3.01. The fourth-order valence-electron chi connectivity index (χ4n) is 2.52. The monoisotopic (exact) mass is 386 g/mol. The van der Waals surface area contributed by atoms with E-state index in [4.69, 9.17) is 0 Å². The molecule has 27 heavy (non-hydrogen) atoms. The summed E-state index contributed by atoms with van der Waals surface area (Å²) in [6.07, 6.45) is 3.51. The fraction of sp³-hybridized carbons (Fsp3) is 0.111. The third-order valence-electron chi connectivity index (χ3n) is 3.80. The molecule has 0 unspecified atom stereocenters. The molecule has 0 bridgehead atoms. The Balaban J connectivity index is 1.70. The Labute approximate surface area is 156 Å². The molecule has 0 saturated heterocycles. The molecule has 0 aliphatic rings. The van der Waals surface area contributed by atoms with Crippen LogP contribution >= 0.6 is 0 Å². The summed E-state index contributed by atoms with van der Waals surface area (Å²) < 4.78 is 25.4. The van der Waals surface area contributed by atoms with Crippen LogP contribution < -0.4 is 10.2 Å². The number of rotatable bonds is 7. The van der Waals surface area contributed by atoms with Crippen LogP contribution in [0.1, 0.15) is 15.9 Å². The Bertz CT molecular complexity index is 1020. The average Bonchev–Trinajstić information content (AvgIpc) is 3.21. The van der Waals surface area contributed by atoms with E-state index in [0.717, 1.165) is 11.3 Å². The Morgan fingerprint density at radius 3 is 2.52 bits per heavy atom. The summed E-state index contributed by atoms with van der Waals surface area (Å²) in [7, 11) is -2.54. The Morgan fingerprint density at radius 1 is 1.11 bits per heavy atom. The van der Waals surface area contributed by atoms with Crippen LogP contribution in [0.15, 0.2) is 71.9 Å². The molecule has 0 spiro atoms. The van der Waals surface area contributed by atoms with Crippen molar-refractivity contribution < 1.29 is 18.0 Å². The van der Waals surface area contributed by atoms with E-state index in [2.05, 4.69) is 15.3 Å². The van der Waals surface area contributed by atoms with Crippen molar-refractivity contribution in [2.45, 2.75) is 11.4 Å². The highest BCUT2D eigenvalue weighted by Crippen LogP contribution is 2.14. The van der Waals surface area contributed by atoms with Gasteiger partial charge in [0.05, 0.1) is 17.7 Å². The van der Waals surface area contributed by atoms with Gasteiger partial charge in [-0.1, -0.05) is 23.1 Å². The normalized spacial score (nSPS) is 11.3. The molecule has 2 aromatic carbocycles. The lowest BCUT2D eigenvalue weighted by Gasteiger charge is -2.11. The minimum absolute atomic E-state index is 0.00456. The van der Waals surface area contributed by atoms with Crippen molar-refractivity contribution in [3.05, 3.63) is 78.1 Å². The van der Waals surface area contributed by atoms with Gasteiger partial charge in [0, 0.05) is 24.5 Å². The van der Waals surface area contributed by atoms with Crippen LogP contribution in [0, 0.1) is 0 Å². The molecule has 0 aliphatic heterocycles. The highest BCUT2D eigenvalue weighted by atomic mass is 32.2. The van der Waals surface area contributed by atoms with E-state index in [0.29, 0.717) is 12.1 Å². The minimum atomic E-state index is -3.75. The maximum atomic E-state index is 12.4. The molecular formula is C18H18N4O4S. The molecule has 140 valence electrons. The number of hydrogen-bond donors (Lipinski definition) is 2. The summed E-state index contributed by atoms with van der Waals surface area (Å²) >= 11 is 0. The van der Waals surface area contributed by atoms with E-state index in [-0.39, 0.29) is 10.8 Å². The van der Waals surface area contributed by atoms with E-state index >= 15 is 0 Å². The fourth-order valence-corrected chi connectivity index (χ4v) is 3.33. The number of nitrogens with one attached hydrogen (secondary N) is 2. The second-order valence-corrected chi connectivity index (χ2v) is 7.22. The van der Waals surface area contributed by atoms with E-state index in [1.54, 1.807) is 10.9 Å². The van der Waals surface area contributed by atoms with Crippen molar-refractivity contribution >= 4 is 15.9 Å². The maximum absolute atomic E-state index is 12.4. The molecule has 0 radical (unpaired) electrons. The van der Waals surface area contributed by atoms with Gasteiger partial charge in [0.2, 0.25) is 0 Å². The predicted octanol–water partition coefficient (Wildman–Crippen LogP) is 1.64. The van der Waals surface area contributed by atoms with Crippen molar-refractivity contribution in [3.8, 4) is 5.69 Å². The number of carbonyl (C=O) groups excluding carboxylic acids is 1. The third-order valence-corrected chi connectivity index (χ3v) is 5.08. The molecule has 0 aliphatic carbocycles. The Kier molecular flexibility index (Phi) is 5.65. The first-order valence-electron chi connectivity index (χ1n) is 8.02. The first-order valence-corrected chi connectivity index (χ1v) is 9.50. The van der Waals surface area contributed by atoms with Gasteiger partial charge in [-0.25, -0.2) is 13.1 Å². The number of nitrogens with zero attached hydrogens (tertiary/aromatic N) is 2. The van der Waals surface area contributed by atoms with E-state index in [9.17, 15) is 13.2 Å². The van der Waals surface area contributed by atoms with Gasteiger partial charge in [-0.05, 0) is 42.0 Å². The Morgan fingerprint density at radius 2 is 1.85 bits per heavy atom. The lowest BCUT2D eigenvalue weighted by molar-refractivity contribution is 0.0951. The summed E-state index contributed by atoms with van der Waals surface area (Å²) in [4.78, 5) is 18.7.